The highest BCUT2D eigenvalue weighted by Gasteiger charge is 2.38. The molecule has 1 N–H and O–H groups in total. The number of carbonyl (C=O) groups excluding carboxylic acids is 1. The number of nitrogens with zero attached hydrogens (tertiary/aromatic N) is 3. The molecule has 1 aromatic heterocycles. The summed E-state index contributed by atoms with van der Waals surface area (Å²) in [7, 11) is -0.549. The van der Waals surface area contributed by atoms with Crippen LogP contribution in [-0.2, 0) is 28.0 Å². The normalized spacial score (nSPS) is 31.5. The van der Waals surface area contributed by atoms with Crippen molar-refractivity contribution in [3.8, 4) is 0 Å². The van der Waals surface area contributed by atoms with E-state index in [9.17, 15) is 9.00 Å². The largest absolute Gasteiger partial charge is 0.316 e. The van der Waals surface area contributed by atoms with Gasteiger partial charge in [0.2, 0.25) is 0 Å². The maximum atomic E-state index is 12.8. The van der Waals surface area contributed by atoms with Crippen LogP contribution in [0.2, 0.25) is 0 Å². The molecule has 122 valence electrons. The number of hydrogen-bond acceptors (Lipinski definition) is 4. The van der Waals surface area contributed by atoms with Gasteiger partial charge in [-0.3, -0.25) is 9.48 Å². The van der Waals surface area contributed by atoms with E-state index in [1.807, 2.05) is 20.0 Å². The summed E-state index contributed by atoms with van der Waals surface area (Å²) in [5.41, 5.74) is 2.00. The van der Waals surface area contributed by atoms with Crippen LogP contribution in [0.4, 0.5) is 0 Å². The fourth-order valence-electron chi connectivity index (χ4n) is 3.50. The molecule has 0 atom stereocenters. The molecular weight excluding hydrogens is 300 g/mol. The number of nitrogens with one attached hydrogen (secondary N) is 1. The summed E-state index contributed by atoms with van der Waals surface area (Å²) in [4.78, 5) is 12.2. The van der Waals surface area contributed by atoms with Gasteiger partial charge in [0.15, 0.2) is 0 Å². The summed E-state index contributed by atoms with van der Waals surface area (Å²) < 4.78 is 18.6. The number of carbonyl (C=O) groups is 1. The monoisotopic (exact) mass is 324 g/mol. The number of aryl methyl sites for hydroxylation is 2. The van der Waals surface area contributed by atoms with Gasteiger partial charge in [-0.2, -0.15) is 9.46 Å². The molecule has 0 aromatic carbocycles. The molecule has 2 fully saturated rings. The molecule has 6 nitrogen and oxygen atoms in total. The molecule has 0 radical (unpaired) electrons. The maximum Gasteiger partial charge on any atom is 0.259 e. The molecule has 2 aliphatic heterocycles. The molecule has 22 heavy (non-hydrogen) atoms. The molecule has 2 aliphatic rings. The van der Waals surface area contributed by atoms with Gasteiger partial charge in [0.25, 0.3) is 5.91 Å². The van der Waals surface area contributed by atoms with E-state index >= 15 is 0 Å². The van der Waals surface area contributed by atoms with Crippen molar-refractivity contribution in [1.82, 2.24) is 15.1 Å². The van der Waals surface area contributed by atoms with Crippen molar-refractivity contribution < 1.29 is 9.00 Å². The second-order valence-electron chi connectivity index (χ2n) is 6.67. The Labute approximate surface area is 131 Å². The van der Waals surface area contributed by atoms with E-state index in [1.165, 1.54) is 0 Å². The predicted molar refractivity (Wildman–Crippen MR) is 86.1 cm³/mol. The Morgan fingerprint density at radius 3 is 2.73 bits per heavy atom. The second kappa shape index (κ2) is 5.77. The molecule has 2 saturated heterocycles. The first-order chi connectivity index (χ1) is 10.4. The maximum absolute atomic E-state index is 12.8. The third-order valence-electron chi connectivity index (χ3n) is 4.93. The lowest BCUT2D eigenvalue weighted by molar-refractivity contribution is -0.117. The van der Waals surface area contributed by atoms with Gasteiger partial charge in [-0.25, -0.2) is 4.21 Å². The third kappa shape index (κ3) is 3.25. The number of hydrogen-bond donors (Lipinski definition) is 1. The first kappa shape index (κ1) is 15.7. The summed E-state index contributed by atoms with van der Waals surface area (Å²) in [5, 5.41) is 7.61. The van der Waals surface area contributed by atoms with Gasteiger partial charge in [0.05, 0.1) is 21.8 Å². The lowest BCUT2D eigenvalue weighted by atomic mass is 9.81. The average Bonchev–Trinajstić information content (AvgIpc) is 3.02. The highest BCUT2D eigenvalue weighted by atomic mass is 32.2. The Morgan fingerprint density at radius 2 is 2.18 bits per heavy atom. The first-order valence-electron chi connectivity index (χ1n) is 7.85. The Kier molecular flexibility index (Phi) is 4.11. The minimum Gasteiger partial charge on any atom is -0.316 e. The number of amides is 1. The molecule has 0 bridgehead atoms. The van der Waals surface area contributed by atoms with E-state index < -0.39 is 9.73 Å². The van der Waals surface area contributed by atoms with Gasteiger partial charge in [0, 0.05) is 30.8 Å². The molecule has 0 aliphatic carbocycles. The second-order valence-corrected chi connectivity index (χ2v) is 9.21. The standard InChI is InChI=1S/C15H24N4O2S/c1-12-9-13(19(2)17-12)10-14(20)18-22(21)7-4-15(5-8-22)3-6-16-11-15/h9,16H,3-8,10-11H2,1-2H3. The summed E-state index contributed by atoms with van der Waals surface area (Å²) in [6, 6.07) is 1.88. The Balaban J connectivity index is 1.68. The average molecular weight is 324 g/mol. The van der Waals surface area contributed by atoms with Crippen LogP contribution in [0, 0.1) is 12.3 Å². The highest BCUT2D eigenvalue weighted by molar-refractivity contribution is 7.93. The van der Waals surface area contributed by atoms with Crippen LogP contribution < -0.4 is 5.32 Å². The van der Waals surface area contributed by atoms with E-state index in [0.717, 1.165) is 43.7 Å². The van der Waals surface area contributed by atoms with Crippen LogP contribution in [0.5, 0.6) is 0 Å². The molecule has 0 saturated carbocycles. The van der Waals surface area contributed by atoms with Crippen LogP contribution in [0.15, 0.2) is 10.4 Å². The Morgan fingerprint density at radius 1 is 1.45 bits per heavy atom. The van der Waals surface area contributed by atoms with Gasteiger partial charge in [-0.15, -0.1) is 0 Å². The van der Waals surface area contributed by atoms with Crippen LogP contribution in [0.25, 0.3) is 0 Å². The molecule has 1 spiro atoms. The van der Waals surface area contributed by atoms with Crippen molar-refractivity contribution in [2.24, 2.45) is 16.8 Å². The molecule has 3 rings (SSSR count). The molecule has 1 amide bonds. The van der Waals surface area contributed by atoms with Crippen molar-refractivity contribution in [3.05, 3.63) is 17.5 Å². The lowest BCUT2D eigenvalue weighted by Crippen LogP contribution is -2.35. The molecule has 3 heterocycles. The van der Waals surface area contributed by atoms with Crippen LogP contribution in [0.1, 0.15) is 30.7 Å². The Bertz CT molecular complexity index is 678. The Hall–Kier alpha value is -1.21. The van der Waals surface area contributed by atoms with Crippen LogP contribution >= 0.6 is 0 Å². The summed E-state index contributed by atoms with van der Waals surface area (Å²) in [6.07, 6.45) is 3.17. The quantitative estimate of drug-likeness (QED) is 0.882. The fraction of sp³-hybridized carbons (Fsp3) is 0.733. The van der Waals surface area contributed by atoms with Crippen molar-refractivity contribution in [2.75, 3.05) is 24.6 Å². The zero-order valence-corrected chi connectivity index (χ0v) is 14.1. The van der Waals surface area contributed by atoms with Crippen molar-refractivity contribution in [3.63, 3.8) is 0 Å². The summed E-state index contributed by atoms with van der Waals surface area (Å²) >= 11 is 0. The molecular formula is C15H24N4O2S. The smallest absolute Gasteiger partial charge is 0.259 e. The first-order valence-corrected chi connectivity index (χ1v) is 9.71. The molecule has 7 heteroatoms. The van der Waals surface area contributed by atoms with Gasteiger partial charge in [-0.05, 0) is 44.2 Å². The van der Waals surface area contributed by atoms with E-state index in [2.05, 4.69) is 14.8 Å². The van der Waals surface area contributed by atoms with Gasteiger partial charge in [0.1, 0.15) is 0 Å². The molecule has 1 aromatic rings. The zero-order valence-electron chi connectivity index (χ0n) is 13.3. The predicted octanol–water partition coefficient (Wildman–Crippen LogP) is 1.04. The van der Waals surface area contributed by atoms with E-state index in [-0.39, 0.29) is 12.3 Å². The van der Waals surface area contributed by atoms with Crippen molar-refractivity contribution >= 4 is 15.6 Å². The summed E-state index contributed by atoms with van der Waals surface area (Å²) in [6.45, 7) is 3.96. The van der Waals surface area contributed by atoms with Gasteiger partial charge < -0.3 is 5.32 Å². The van der Waals surface area contributed by atoms with Gasteiger partial charge >= 0.3 is 0 Å². The van der Waals surface area contributed by atoms with E-state index in [4.69, 9.17) is 0 Å². The lowest BCUT2D eigenvalue weighted by Gasteiger charge is -2.33. The minimum absolute atomic E-state index is 0.182. The third-order valence-corrected chi connectivity index (χ3v) is 7.15. The van der Waals surface area contributed by atoms with Crippen molar-refractivity contribution in [2.45, 2.75) is 32.6 Å². The van der Waals surface area contributed by atoms with E-state index in [1.54, 1.807) is 4.68 Å². The van der Waals surface area contributed by atoms with Gasteiger partial charge in [-0.1, -0.05) is 0 Å². The molecule has 0 unspecified atom stereocenters. The number of aromatic nitrogens is 2. The van der Waals surface area contributed by atoms with Crippen LogP contribution in [-0.4, -0.2) is 44.5 Å². The van der Waals surface area contributed by atoms with Crippen LogP contribution in [0.3, 0.4) is 0 Å². The summed E-state index contributed by atoms with van der Waals surface area (Å²) in [5.74, 6) is 0.837. The van der Waals surface area contributed by atoms with E-state index in [0.29, 0.717) is 16.9 Å². The SMILES string of the molecule is Cc1cc(CC(=O)N=S2(=O)CCC3(CCNC3)CC2)n(C)n1. The van der Waals surface area contributed by atoms with Crippen molar-refractivity contribution in [1.29, 1.82) is 0 Å². The highest BCUT2D eigenvalue weighted by Crippen LogP contribution is 2.38. The fourth-order valence-corrected chi connectivity index (χ4v) is 5.82. The topological polar surface area (TPSA) is 76.3 Å². The number of rotatable bonds is 2. The zero-order chi connectivity index (χ0) is 15.8. The minimum atomic E-state index is -2.36.